The van der Waals surface area contributed by atoms with Crippen molar-refractivity contribution >= 4 is 32.7 Å². The van der Waals surface area contributed by atoms with Crippen molar-refractivity contribution in [1.82, 2.24) is 4.98 Å². The fourth-order valence-corrected chi connectivity index (χ4v) is 2.48. The number of nitrogen functional groups attached to an aromatic ring is 1. The Bertz CT molecular complexity index is 575. The predicted molar refractivity (Wildman–Crippen MR) is 69.2 cm³/mol. The van der Waals surface area contributed by atoms with E-state index in [-0.39, 0.29) is 0 Å². The lowest BCUT2D eigenvalue weighted by Crippen LogP contribution is -2.26. The number of fused-ring (bicyclic) bond motifs is 1. The molecule has 0 amide bonds. The molecule has 0 fully saturated rings. The van der Waals surface area contributed by atoms with Crippen LogP contribution in [0.4, 0.5) is 5.13 Å². The Morgan fingerprint density at radius 2 is 2.24 bits per heavy atom. The van der Waals surface area contributed by atoms with E-state index in [4.69, 9.17) is 10.8 Å². The molecule has 0 atom stereocenters. The first kappa shape index (κ1) is 11.9. The van der Waals surface area contributed by atoms with Gasteiger partial charge in [0, 0.05) is 0 Å². The summed E-state index contributed by atoms with van der Waals surface area (Å²) in [4.78, 5) is 15.2. The summed E-state index contributed by atoms with van der Waals surface area (Å²) in [6.07, 6.45) is 0.496. The summed E-state index contributed by atoms with van der Waals surface area (Å²) < 4.78 is 1.00. The standard InChI is InChI=1S/C12H14N2O2S/c1-12(2,10(15)16)6-7-3-4-8-9(5-7)17-11(13)14-8/h3-5H,6H2,1-2H3,(H2,13,14)(H,15,16). The second-order valence-electron chi connectivity index (χ2n) is 4.72. The average molecular weight is 250 g/mol. The molecule has 17 heavy (non-hydrogen) atoms. The summed E-state index contributed by atoms with van der Waals surface area (Å²) in [5.41, 5.74) is 6.73. The van der Waals surface area contributed by atoms with Gasteiger partial charge in [-0.05, 0) is 38.0 Å². The van der Waals surface area contributed by atoms with Crippen molar-refractivity contribution < 1.29 is 9.90 Å². The molecule has 0 aliphatic rings. The van der Waals surface area contributed by atoms with Crippen molar-refractivity contribution in [2.75, 3.05) is 5.73 Å². The number of benzene rings is 1. The van der Waals surface area contributed by atoms with Crippen molar-refractivity contribution in [3.8, 4) is 0 Å². The van der Waals surface area contributed by atoms with Crippen molar-refractivity contribution in [3.05, 3.63) is 23.8 Å². The van der Waals surface area contributed by atoms with Crippen molar-refractivity contribution in [1.29, 1.82) is 0 Å². The van der Waals surface area contributed by atoms with Crippen molar-refractivity contribution in [3.63, 3.8) is 0 Å². The molecule has 1 aromatic heterocycles. The number of aromatic nitrogens is 1. The van der Waals surface area contributed by atoms with E-state index in [2.05, 4.69) is 4.98 Å². The topological polar surface area (TPSA) is 76.2 Å². The molecule has 1 heterocycles. The molecule has 0 spiro atoms. The van der Waals surface area contributed by atoms with Gasteiger partial charge in [0.2, 0.25) is 0 Å². The highest BCUT2D eigenvalue weighted by atomic mass is 32.1. The molecule has 0 unspecified atom stereocenters. The first-order valence-corrected chi connectivity index (χ1v) is 6.08. The maximum absolute atomic E-state index is 11.1. The lowest BCUT2D eigenvalue weighted by atomic mass is 9.86. The van der Waals surface area contributed by atoms with Crippen LogP contribution in [0.15, 0.2) is 18.2 Å². The molecule has 3 N–H and O–H groups in total. The first-order valence-electron chi connectivity index (χ1n) is 5.27. The maximum atomic E-state index is 11.1. The van der Waals surface area contributed by atoms with Gasteiger partial charge in [0.25, 0.3) is 0 Å². The molecule has 0 aliphatic heterocycles. The maximum Gasteiger partial charge on any atom is 0.309 e. The van der Waals surface area contributed by atoms with E-state index in [1.54, 1.807) is 13.8 Å². The summed E-state index contributed by atoms with van der Waals surface area (Å²) >= 11 is 1.42. The Kier molecular flexibility index (Phi) is 2.79. The van der Waals surface area contributed by atoms with Gasteiger partial charge in [-0.3, -0.25) is 4.79 Å². The molecule has 1 aromatic carbocycles. The first-order chi connectivity index (χ1) is 7.88. The third-order valence-electron chi connectivity index (χ3n) is 2.69. The molecule has 0 aliphatic carbocycles. The molecule has 0 radical (unpaired) electrons. The highest BCUT2D eigenvalue weighted by molar-refractivity contribution is 7.22. The molecule has 4 nitrogen and oxygen atoms in total. The van der Waals surface area contributed by atoms with E-state index < -0.39 is 11.4 Å². The number of hydrogen-bond donors (Lipinski definition) is 2. The second-order valence-corrected chi connectivity index (χ2v) is 5.78. The zero-order valence-corrected chi connectivity index (χ0v) is 10.5. The minimum absolute atomic E-state index is 0.496. The van der Waals surface area contributed by atoms with Crippen LogP contribution in [-0.2, 0) is 11.2 Å². The average Bonchev–Trinajstić information content (AvgIpc) is 2.56. The Labute approximate surface area is 103 Å². The van der Waals surface area contributed by atoms with E-state index in [1.807, 2.05) is 18.2 Å². The van der Waals surface area contributed by atoms with E-state index in [1.165, 1.54) is 11.3 Å². The van der Waals surface area contributed by atoms with Crippen LogP contribution in [-0.4, -0.2) is 16.1 Å². The lowest BCUT2D eigenvalue weighted by molar-refractivity contribution is -0.146. The van der Waals surface area contributed by atoms with Crippen LogP contribution in [0.3, 0.4) is 0 Å². The summed E-state index contributed by atoms with van der Waals surface area (Å²) in [6, 6.07) is 5.76. The number of nitrogens with zero attached hydrogens (tertiary/aromatic N) is 1. The Morgan fingerprint density at radius 3 is 2.88 bits per heavy atom. The fraction of sp³-hybridized carbons (Fsp3) is 0.333. The number of carboxylic acids is 1. The highest BCUT2D eigenvalue weighted by Crippen LogP contribution is 2.28. The number of nitrogens with two attached hydrogens (primary N) is 1. The van der Waals surface area contributed by atoms with Crippen LogP contribution < -0.4 is 5.73 Å². The van der Waals surface area contributed by atoms with Gasteiger partial charge < -0.3 is 10.8 Å². The molecule has 2 aromatic rings. The molecular weight excluding hydrogens is 236 g/mol. The van der Waals surface area contributed by atoms with Gasteiger partial charge in [-0.15, -0.1) is 0 Å². The molecule has 0 bridgehead atoms. The Hall–Kier alpha value is -1.62. The quantitative estimate of drug-likeness (QED) is 0.877. The van der Waals surface area contributed by atoms with Crippen LogP contribution >= 0.6 is 11.3 Å². The predicted octanol–water partition coefficient (Wildman–Crippen LogP) is 2.53. The van der Waals surface area contributed by atoms with Crippen LogP contribution in [0.25, 0.3) is 10.2 Å². The number of rotatable bonds is 3. The summed E-state index contributed by atoms with van der Waals surface area (Å²) in [5.74, 6) is -0.790. The van der Waals surface area contributed by atoms with Gasteiger partial charge >= 0.3 is 5.97 Å². The van der Waals surface area contributed by atoms with Gasteiger partial charge in [-0.1, -0.05) is 17.4 Å². The van der Waals surface area contributed by atoms with E-state index in [0.29, 0.717) is 11.6 Å². The normalized spacial score (nSPS) is 11.9. The number of carbonyl (C=O) groups is 1. The Balaban J connectivity index is 2.34. The molecule has 0 saturated carbocycles. The third kappa shape index (κ3) is 2.39. The zero-order valence-electron chi connectivity index (χ0n) is 9.73. The van der Waals surface area contributed by atoms with Crippen LogP contribution in [0.2, 0.25) is 0 Å². The van der Waals surface area contributed by atoms with E-state index >= 15 is 0 Å². The highest BCUT2D eigenvalue weighted by Gasteiger charge is 2.27. The molecule has 2 rings (SSSR count). The number of hydrogen-bond acceptors (Lipinski definition) is 4. The van der Waals surface area contributed by atoms with Crippen molar-refractivity contribution in [2.45, 2.75) is 20.3 Å². The summed E-state index contributed by atoms with van der Waals surface area (Å²) in [6.45, 7) is 3.45. The van der Waals surface area contributed by atoms with Gasteiger partial charge in [0.1, 0.15) is 0 Å². The third-order valence-corrected chi connectivity index (χ3v) is 3.54. The summed E-state index contributed by atoms with van der Waals surface area (Å²) in [5, 5.41) is 9.63. The molecule has 0 saturated heterocycles. The van der Waals surface area contributed by atoms with Gasteiger partial charge in [0.15, 0.2) is 5.13 Å². The zero-order chi connectivity index (χ0) is 12.6. The number of carboxylic acid groups (broad SMARTS) is 1. The van der Waals surface area contributed by atoms with Gasteiger partial charge in [-0.25, -0.2) is 4.98 Å². The number of anilines is 1. The smallest absolute Gasteiger partial charge is 0.309 e. The SMILES string of the molecule is CC(C)(Cc1ccc2nc(N)sc2c1)C(=O)O. The van der Waals surface area contributed by atoms with Crippen LogP contribution in [0.5, 0.6) is 0 Å². The number of aliphatic carboxylic acids is 1. The Morgan fingerprint density at radius 1 is 1.53 bits per heavy atom. The lowest BCUT2D eigenvalue weighted by Gasteiger charge is -2.18. The second kappa shape index (κ2) is 4.00. The van der Waals surface area contributed by atoms with Gasteiger partial charge in [0.05, 0.1) is 15.6 Å². The van der Waals surface area contributed by atoms with Crippen molar-refractivity contribution in [2.24, 2.45) is 5.41 Å². The minimum atomic E-state index is -0.790. The summed E-state index contributed by atoms with van der Waals surface area (Å²) in [7, 11) is 0. The monoisotopic (exact) mass is 250 g/mol. The fourth-order valence-electron chi connectivity index (χ4n) is 1.68. The van der Waals surface area contributed by atoms with E-state index in [0.717, 1.165) is 15.8 Å². The van der Waals surface area contributed by atoms with Gasteiger partial charge in [-0.2, -0.15) is 0 Å². The molecule has 90 valence electrons. The largest absolute Gasteiger partial charge is 0.481 e. The number of thiazole rings is 1. The molecular formula is C12H14N2O2S. The van der Waals surface area contributed by atoms with Crippen LogP contribution in [0.1, 0.15) is 19.4 Å². The van der Waals surface area contributed by atoms with E-state index in [9.17, 15) is 4.79 Å². The van der Waals surface area contributed by atoms with Crippen LogP contribution in [0, 0.1) is 5.41 Å². The molecule has 5 heteroatoms. The minimum Gasteiger partial charge on any atom is -0.481 e.